The summed E-state index contributed by atoms with van der Waals surface area (Å²) in [5.74, 6) is 0. The number of fused-ring (bicyclic) bond motifs is 1. The highest BCUT2D eigenvalue weighted by Gasteiger charge is 2.22. The van der Waals surface area contributed by atoms with E-state index in [1.807, 2.05) is 13.0 Å². The zero-order valence-corrected chi connectivity index (χ0v) is 11.0. The Kier molecular flexibility index (Phi) is 2.76. The number of nitrogens with one attached hydrogen (secondary N) is 1. The molecule has 1 aliphatic carbocycles. The molecule has 0 saturated carbocycles. The zero-order chi connectivity index (χ0) is 11.8. The topological polar surface area (TPSA) is 37.8 Å². The predicted octanol–water partition coefficient (Wildman–Crippen LogP) is 3.08. The van der Waals surface area contributed by atoms with Crippen LogP contribution < -0.4 is 5.32 Å². The SMILES string of the molecule is Cc1nnc(NC2Cc3ccc(Cl)cc3C2)s1. The average molecular weight is 266 g/mol. The van der Waals surface area contributed by atoms with E-state index in [4.69, 9.17) is 11.6 Å². The molecule has 0 radical (unpaired) electrons. The Balaban J connectivity index is 1.74. The molecule has 1 heterocycles. The number of aromatic nitrogens is 2. The minimum Gasteiger partial charge on any atom is -0.357 e. The lowest BCUT2D eigenvalue weighted by Crippen LogP contribution is -2.19. The number of anilines is 1. The number of rotatable bonds is 2. The van der Waals surface area contributed by atoms with Gasteiger partial charge in [0.05, 0.1) is 0 Å². The molecule has 3 rings (SSSR count). The molecule has 2 aromatic rings. The zero-order valence-electron chi connectivity index (χ0n) is 9.40. The summed E-state index contributed by atoms with van der Waals surface area (Å²) in [4.78, 5) is 0. The highest BCUT2D eigenvalue weighted by atomic mass is 35.5. The Hall–Kier alpha value is -1.13. The van der Waals surface area contributed by atoms with Crippen LogP contribution in [0.4, 0.5) is 5.13 Å². The molecule has 1 N–H and O–H groups in total. The Morgan fingerprint density at radius 1 is 1.29 bits per heavy atom. The third-order valence-corrected chi connectivity index (χ3v) is 3.96. The van der Waals surface area contributed by atoms with Gasteiger partial charge in [-0.05, 0) is 43.0 Å². The van der Waals surface area contributed by atoms with E-state index in [0.29, 0.717) is 6.04 Å². The fourth-order valence-electron chi connectivity index (χ4n) is 2.22. The number of nitrogens with zero attached hydrogens (tertiary/aromatic N) is 2. The average Bonchev–Trinajstić information content (AvgIpc) is 2.84. The predicted molar refractivity (Wildman–Crippen MR) is 70.9 cm³/mol. The van der Waals surface area contributed by atoms with E-state index in [1.165, 1.54) is 11.1 Å². The van der Waals surface area contributed by atoms with Crippen molar-refractivity contribution < 1.29 is 0 Å². The van der Waals surface area contributed by atoms with Gasteiger partial charge in [-0.2, -0.15) is 0 Å². The van der Waals surface area contributed by atoms with E-state index in [2.05, 4.69) is 27.6 Å². The van der Waals surface area contributed by atoms with Crippen LogP contribution in [0, 0.1) is 6.92 Å². The van der Waals surface area contributed by atoms with E-state index in [-0.39, 0.29) is 0 Å². The third kappa shape index (κ3) is 2.28. The number of aryl methyl sites for hydroxylation is 1. The molecule has 0 spiro atoms. The highest BCUT2D eigenvalue weighted by molar-refractivity contribution is 7.15. The van der Waals surface area contributed by atoms with Crippen LogP contribution in [-0.4, -0.2) is 16.2 Å². The van der Waals surface area contributed by atoms with Crippen molar-refractivity contribution in [1.82, 2.24) is 10.2 Å². The maximum absolute atomic E-state index is 5.99. The first-order valence-corrected chi connectivity index (χ1v) is 6.74. The lowest BCUT2D eigenvalue weighted by Gasteiger charge is -2.09. The van der Waals surface area contributed by atoms with Crippen molar-refractivity contribution in [3.8, 4) is 0 Å². The Morgan fingerprint density at radius 3 is 2.88 bits per heavy atom. The molecule has 0 bridgehead atoms. The van der Waals surface area contributed by atoms with Gasteiger partial charge in [-0.1, -0.05) is 29.0 Å². The smallest absolute Gasteiger partial charge is 0.205 e. The van der Waals surface area contributed by atoms with Crippen LogP contribution in [0.5, 0.6) is 0 Å². The summed E-state index contributed by atoms with van der Waals surface area (Å²) in [6, 6.07) is 6.54. The van der Waals surface area contributed by atoms with Gasteiger partial charge in [-0.15, -0.1) is 10.2 Å². The molecule has 1 unspecified atom stereocenters. The van der Waals surface area contributed by atoms with Gasteiger partial charge in [0.1, 0.15) is 5.01 Å². The van der Waals surface area contributed by atoms with Gasteiger partial charge in [0.2, 0.25) is 5.13 Å². The summed E-state index contributed by atoms with van der Waals surface area (Å²) in [6.45, 7) is 1.96. The van der Waals surface area contributed by atoms with E-state index in [1.54, 1.807) is 11.3 Å². The standard InChI is InChI=1S/C12H12ClN3S/c1-7-15-16-12(17-7)14-11-5-8-2-3-10(13)4-9(8)6-11/h2-4,11H,5-6H2,1H3,(H,14,16). The van der Waals surface area contributed by atoms with Gasteiger partial charge in [0, 0.05) is 11.1 Å². The number of hydrogen-bond donors (Lipinski definition) is 1. The largest absolute Gasteiger partial charge is 0.357 e. The molecule has 1 atom stereocenters. The van der Waals surface area contributed by atoms with Gasteiger partial charge >= 0.3 is 0 Å². The first kappa shape index (κ1) is 11.0. The fraction of sp³-hybridized carbons (Fsp3) is 0.333. The minimum atomic E-state index is 0.413. The summed E-state index contributed by atoms with van der Waals surface area (Å²) in [5, 5.41) is 14.2. The molecule has 17 heavy (non-hydrogen) atoms. The van der Waals surface area contributed by atoms with Gasteiger partial charge in [-0.3, -0.25) is 0 Å². The van der Waals surface area contributed by atoms with Crippen LogP contribution in [0.1, 0.15) is 16.1 Å². The molecule has 0 fully saturated rings. The molecule has 1 aromatic heterocycles. The van der Waals surface area contributed by atoms with E-state index >= 15 is 0 Å². The second-order valence-electron chi connectivity index (χ2n) is 4.29. The molecule has 0 saturated heterocycles. The summed E-state index contributed by atoms with van der Waals surface area (Å²) in [6.07, 6.45) is 2.04. The van der Waals surface area contributed by atoms with Crippen molar-refractivity contribution in [1.29, 1.82) is 0 Å². The number of halogens is 1. The summed E-state index contributed by atoms with van der Waals surface area (Å²) in [7, 11) is 0. The summed E-state index contributed by atoms with van der Waals surface area (Å²) < 4.78 is 0. The van der Waals surface area contributed by atoms with Gasteiger partial charge in [0.15, 0.2) is 0 Å². The molecule has 0 aliphatic heterocycles. The maximum Gasteiger partial charge on any atom is 0.205 e. The molecule has 5 heteroatoms. The summed E-state index contributed by atoms with van der Waals surface area (Å²) in [5.41, 5.74) is 2.73. The quantitative estimate of drug-likeness (QED) is 0.907. The fourth-order valence-corrected chi connectivity index (χ4v) is 3.08. The Labute approximate surface area is 109 Å². The van der Waals surface area contributed by atoms with Gasteiger partial charge < -0.3 is 5.32 Å². The lowest BCUT2D eigenvalue weighted by atomic mass is 10.1. The molecular weight excluding hydrogens is 254 g/mol. The van der Waals surface area contributed by atoms with Crippen molar-refractivity contribution in [2.45, 2.75) is 25.8 Å². The third-order valence-electron chi connectivity index (χ3n) is 2.95. The second kappa shape index (κ2) is 4.27. The van der Waals surface area contributed by atoms with Crippen molar-refractivity contribution in [3.05, 3.63) is 39.4 Å². The maximum atomic E-state index is 5.99. The van der Waals surface area contributed by atoms with Gasteiger partial charge in [0.25, 0.3) is 0 Å². The highest BCUT2D eigenvalue weighted by Crippen LogP contribution is 2.27. The van der Waals surface area contributed by atoms with Crippen molar-refractivity contribution >= 4 is 28.1 Å². The molecule has 88 valence electrons. The molecule has 3 nitrogen and oxygen atoms in total. The molecule has 0 amide bonds. The van der Waals surface area contributed by atoms with E-state index in [9.17, 15) is 0 Å². The molecule has 1 aliphatic rings. The Bertz CT molecular complexity index is 550. The van der Waals surface area contributed by atoms with Crippen molar-refractivity contribution in [2.75, 3.05) is 5.32 Å². The number of benzene rings is 1. The Morgan fingerprint density at radius 2 is 2.12 bits per heavy atom. The lowest BCUT2D eigenvalue weighted by molar-refractivity contribution is 0.769. The van der Waals surface area contributed by atoms with Crippen LogP contribution >= 0.6 is 22.9 Å². The molecule has 1 aromatic carbocycles. The molecular formula is C12H12ClN3S. The summed E-state index contributed by atoms with van der Waals surface area (Å²) >= 11 is 7.59. The van der Waals surface area contributed by atoms with E-state index in [0.717, 1.165) is 28.0 Å². The van der Waals surface area contributed by atoms with Crippen LogP contribution in [0.2, 0.25) is 5.02 Å². The minimum absolute atomic E-state index is 0.413. The van der Waals surface area contributed by atoms with Crippen LogP contribution in [0.3, 0.4) is 0 Å². The monoisotopic (exact) mass is 265 g/mol. The van der Waals surface area contributed by atoms with Gasteiger partial charge in [-0.25, -0.2) is 0 Å². The normalized spacial score (nSPS) is 18.1. The van der Waals surface area contributed by atoms with E-state index < -0.39 is 0 Å². The number of hydrogen-bond acceptors (Lipinski definition) is 4. The second-order valence-corrected chi connectivity index (χ2v) is 5.91. The van der Waals surface area contributed by atoms with Crippen molar-refractivity contribution in [2.24, 2.45) is 0 Å². The first-order chi connectivity index (χ1) is 8.20. The first-order valence-electron chi connectivity index (χ1n) is 5.54. The van der Waals surface area contributed by atoms with Crippen LogP contribution in [0.25, 0.3) is 0 Å². The van der Waals surface area contributed by atoms with Crippen LogP contribution in [0.15, 0.2) is 18.2 Å². The van der Waals surface area contributed by atoms with Crippen molar-refractivity contribution in [3.63, 3.8) is 0 Å². The van der Waals surface area contributed by atoms with Crippen LogP contribution in [-0.2, 0) is 12.8 Å².